The maximum atomic E-state index is 13.2. The largest absolute Gasteiger partial charge is 0.341 e. The summed E-state index contributed by atoms with van der Waals surface area (Å²) in [6.07, 6.45) is 0.786. The minimum Gasteiger partial charge on any atom is -0.341 e. The lowest BCUT2D eigenvalue weighted by molar-refractivity contribution is 0.367. The second-order valence-corrected chi connectivity index (χ2v) is 5.21. The average molecular weight is 220 g/mol. The number of rotatable bonds is 1. The molecule has 3 heteroatoms. The molecule has 0 aliphatic carbocycles. The van der Waals surface area contributed by atoms with Crippen LogP contribution in [0.4, 0.5) is 4.39 Å². The highest BCUT2D eigenvalue weighted by Crippen LogP contribution is 2.30. The maximum absolute atomic E-state index is 13.2. The first-order valence-corrected chi connectivity index (χ1v) is 5.52. The van der Waals surface area contributed by atoms with Gasteiger partial charge < -0.3 is 4.98 Å². The summed E-state index contributed by atoms with van der Waals surface area (Å²) < 4.78 is 13.2. The van der Waals surface area contributed by atoms with Crippen LogP contribution in [0.3, 0.4) is 0 Å². The van der Waals surface area contributed by atoms with Gasteiger partial charge in [0.1, 0.15) is 11.8 Å². The molecule has 2 nitrogen and oxygen atoms in total. The highest BCUT2D eigenvalue weighted by atomic mass is 19.1. The van der Waals surface area contributed by atoms with E-state index in [9.17, 15) is 4.39 Å². The van der Waals surface area contributed by atoms with Crippen LogP contribution < -0.4 is 0 Å². The minimum absolute atomic E-state index is 0.0419. The molecule has 0 saturated heterocycles. The van der Waals surface area contributed by atoms with Crippen molar-refractivity contribution in [3.63, 3.8) is 0 Å². The fourth-order valence-corrected chi connectivity index (χ4v) is 1.92. The second kappa shape index (κ2) is 3.58. The van der Waals surface area contributed by atoms with Gasteiger partial charge in [-0.1, -0.05) is 20.8 Å². The number of nitrogens with zero attached hydrogens (tertiary/aromatic N) is 1. The highest BCUT2D eigenvalue weighted by Gasteiger charge is 2.19. The van der Waals surface area contributed by atoms with E-state index in [1.54, 1.807) is 6.20 Å². The van der Waals surface area contributed by atoms with Crippen molar-refractivity contribution in [2.45, 2.75) is 39.3 Å². The van der Waals surface area contributed by atoms with Crippen LogP contribution >= 0.6 is 0 Å². The molecule has 0 saturated carbocycles. The number of fused-ring (bicyclic) bond motifs is 1. The summed E-state index contributed by atoms with van der Waals surface area (Å²) in [7, 11) is 0. The van der Waals surface area contributed by atoms with Crippen molar-refractivity contribution in [2.24, 2.45) is 0 Å². The van der Waals surface area contributed by atoms with E-state index in [2.05, 4.69) is 30.7 Å². The van der Waals surface area contributed by atoms with Crippen LogP contribution in [0.2, 0.25) is 0 Å². The van der Waals surface area contributed by atoms with E-state index < -0.39 is 6.17 Å². The molecule has 0 aliphatic heterocycles. The van der Waals surface area contributed by atoms with E-state index in [4.69, 9.17) is 0 Å². The fraction of sp³-hybridized carbons (Fsp3) is 0.462. The Morgan fingerprint density at radius 2 is 2.06 bits per heavy atom. The molecule has 2 heterocycles. The predicted octanol–water partition coefficient (Wildman–Crippen LogP) is 3.89. The molecule has 0 aliphatic rings. The minimum atomic E-state index is -0.984. The molecule has 2 aromatic heterocycles. The highest BCUT2D eigenvalue weighted by molar-refractivity contribution is 5.81. The third-order valence-electron chi connectivity index (χ3n) is 2.79. The maximum Gasteiger partial charge on any atom is 0.137 e. The standard InChI is InChI=1S/C13H17FN2/c1-8(14)11-7-9-10(13(2,3)4)5-6-15-12(9)16-11/h5-8H,1-4H3,(H,15,16). The van der Waals surface area contributed by atoms with Gasteiger partial charge >= 0.3 is 0 Å². The quantitative estimate of drug-likeness (QED) is 0.776. The van der Waals surface area contributed by atoms with Crippen LogP contribution in [0.1, 0.15) is 45.1 Å². The molecule has 0 spiro atoms. The van der Waals surface area contributed by atoms with Gasteiger partial charge in [0, 0.05) is 11.6 Å². The summed E-state index contributed by atoms with van der Waals surface area (Å²) in [5.41, 5.74) is 2.60. The Hall–Kier alpha value is -1.38. The Morgan fingerprint density at radius 1 is 1.38 bits per heavy atom. The predicted molar refractivity (Wildman–Crippen MR) is 64.3 cm³/mol. The fourth-order valence-electron chi connectivity index (χ4n) is 1.92. The zero-order chi connectivity index (χ0) is 11.9. The zero-order valence-corrected chi connectivity index (χ0v) is 10.1. The smallest absolute Gasteiger partial charge is 0.137 e. The van der Waals surface area contributed by atoms with Crippen molar-refractivity contribution in [3.8, 4) is 0 Å². The lowest BCUT2D eigenvalue weighted by Gasteiger charge is -2.19. The number of aromatic amines is 1. The number of alkyl halides is 1. The van der Waals surface area contributed by atoms with E-state index in [-0.39, 0.29) is 5.41 Å². The average Bonchev–Trinajstić information content (AvgIpc) is 2.58. The van der Waals surface area contributed by atoms with Crippen molar-refractivity contribution in [1.29, 1.82) is 0 Å². The van der Waals surface area contributed by atoms with Gasteiger partial charge in [-0.05, 0) is 30.0 Å². The summed E-state index contributed by atoms with van der Waals surface area (Å²) in [6, 6.07) is 3.87. The zero-order valence-electron chi connectivity index (χ0n) is 10.1. The molecule has 86 valence electrons. The number of hydrogen-bond donors (Lipinski definition) is 1. The van der Waals surface area contributed by atoms with E-state index in [1.165, 1.54) is 12.5 Å². The topological polar surface area (TPSA) is 28.7 Å². The Kier molecular flexibility index (Phi) is 2.49. The van der Waals surface area contributed by atoms with Crippen LogP contribution in [0.5, 0.6) is 0 Å². The van der Waals surface area contributed by atoms with Crippen LogP contribution in [0, 0.1) is 0 Å². The molecule has 2 aromatic rings. The lowest BCUT2D eigenvalue weighted by atomic mass is 9.86. The van der Waals surface area contributed by atoms with Gasteiger partial charge in [-0.3, -0.25) is 0 Å². The number of halogens is 1. The van der Waals surface area contributed by atoms with Crippen LogP contribution in [0.25, 0.3) is 11.0 Å². The summed E-state index contributed by atoms with van der Waals surface area (Å²) in [6.45, 7) is 7.97. The molecule has 0 radical (unpaired) electrons. The molecule has 1 atom stereocenters. The molecule has 16 heavy (non-hydrogen) atoms. The number of nitrogens with one attached hydrogen (secondary N) is 1. The number of pyridine rings is 1. The van der Waals surface area contributed by atoms with Crippen molar-refractivity contribution in [3.05, 3.63) is 29.6 Å². The Balaban J connectivity index is 2.68. The van der Waals surface area contributed by atoms with Gasteiger partial charge in [0.05, 0.1) is 5.69 Å². The molecule has 0 bridgehead atoms. The van der Waals surface area contributed by atoms with Crippen LogP contribution in [-0.4, -0.2) is 9.97 Å². The van der Waals surface area contributed by atoms with Crippen LogP contribution in [-0.2, 0) is 5.41 Å². The monoisotopic (exact) mass is 220 g/mol. The van der Waals surface area contributed by atoms with E-state index in [0.717, 1.165) is 11.0 Å². The van der Waals surface area contributed by atoms with Gasteiger partial charge in [0.25, 0.3) is 0 Å². The van der Waals surface area contributed by atoms with Gasteiger partial charge in [-0.2, -0.15) is 0 Å². The van der Waals surface area contributed by atoms with E-state index in [0.29, 0.717) is 5.69 Å². The summed E-state index contributed by atoms with van der Waals surface area (Å²) >= 11 is 0. The molecule has 0 amide bonds. The molecule has 1 N–H and O–H groups in total. The number of aromatic nitrogens is 2. The summed E-state index contributed by atoms with van der Waals surface area (Å²) in [4.78, 5) is 7.26. The first kappa shape index (κ1) is 11.1. The van der Waals surface area contributed by atoms with Gasteiger partial charge in [-0.25, -0.2) is 9.37 Å². The Morgan fingerprint density at radius 3 is 2.62 bits per heavy atom. The van der Waals surface area contributed by atoms with Gasteiger partial charge in [-0.15, -0.1) is 0 Å². The Labute approximate surface area is 94.9 Å². The molecule has 0 aromatic carbocycles. The Bertz CT molecular complexity index is 506. The number of H-pyrrole nitrogens is 1. The third-order valence-corrected chi connectivity index (χ3v) is 2.79. The molecular formula is C13H17FN2. The lowest BCUT2D eigenvalue weighted by Crippen LogP contribution is -2.11. The van der Waals surface area contributed by atoms with Gasteiger partial charge in [0.2, 0.25) is 0 Å². The molecule has 1 unspecified atom stereocenters. The van der Waals surface area contributed by atoms with E-state index in [1.807, 2.05) is 12.1 Å². The van der Waals surface area contributed by atoms with Crippen molar-refractivity contribution >= 4 is 11.0 Å². The summed E-state index contributed by atoms with van der Waals surface area (Å²) in [5, 5.41) is 1.02. The first-order valence-electron chi connectivity index (χ1n) is 5.52. The number of hydrogen-bond acceptors (Lipinski definition) is 1. The third kappa shape index (κ3) is 1.82. The van der Waals surface area contributed by atoms with Crippen molar-refractivity contribution in [1.82, 2.24) is 9.97 Å². The van der Waals surface area contributed by atoms with Crippen molar-refractivity contribution in [2.75, 3.05) is 0 Å². The first-order chi connectivity index (χ1) is 7.39. The molecular weight excluding hydrogens is 203 g/mol. The van der Waals surface area contributed by atoms with Crippen LogP contribution in [0.15, 0.2) is 18.3 Å². The SMILES string of the molecule is CC(F)c1cc2c(C(C)(C)C)ccnc2[nH]1. The van der Waals surface area contributed by atoms with Crippen molar-refractivity contribution < 1.29 is 4.39 Å². The molecule has 2 rings (SSSR count). The summed E-state index contributed by atoms with van der Waals surface area (Å²) in [5.74, 6) is 0. The van der Waals surface area contributed by atoms with E-state index >= 15 is 0 Å². The normalized spacial score (nSPS) is 14.3. The molecule has 0 fully saturated rings. The van der Waals surface area contributed by atoms with Gasteiger partial charge in [0.15, 0.2) is 0 Å². The second-order valence-electron chi connectivity index (χ2n) is 5.21.